The van der Waals surface area contributed by atoms with Crippen molar-refractivity contribution in [3.8, 4) is 0 Å². The van der Waals surface area contributed by atoms with Crippen LogP contribution in [0.3, 0.4) is 0 Å². The molecule has 5 nitrogen and oxygen atoms in total. The highest BCUT2D eigenvalue weighted by atomic mass is 16.5. The summed E-state index contributed by atoms with van der Waals surface area (Å²) in [6, 6.07) is 0. The third kappa shape index (κ3) is 3.95. The van der Waals surface area contributed by atoms with Gasteiger partial charge in [0.25, 0.3) is 0 Å². The van der Waals surface area contributed by atoms with Crippen LogP contribution in [0.5, 0.6) is 0 Å². The molecule has 0 aromatic heterocycles. The number of likely N-dealkylation sites (tertiary alicyclic amines) is 1. The minimum atomic E-state index is -0.941. The van der Waals surface area contributed by atoms with E-state index in [0.29, 0.717) is 31.2 Å². The van der Waals surface area contributed by atoms with E-state index in [1.807, 2.05) is 0 Å². The van der Waals surface area contributed by atoms with Crippen LogP contribution in [0.2, 0.25) is 0 Å². The quantitative estimate of drug-likeness (QED) is 0.810. The number of carboxylic acid groups (broad SMARTS) is 1. The van der Waals surface area contributed by atoms with Crippen LogP contribution in [0.4, 0.5) is 0 Å². The van der Waals surface area contributed by atoms with Gasteiger partial charge in [0.05, 0.1) is 6.61 Å². The van der Waals surface area contributed by atoms with Crippen LogP contribution in [-0.2, 0) is 14.3 Å². The van der Waals surface area contributed by atoms with E-state index < -0.39 is 11.4 Å². The van der Waals surface area contributed by atoms with E-state index in [1.165, 1.54) is 7.11 Å². The zero-order chi connectivity index (χ0) is 15.3. The lowest BCUT2D eigenvalue weighted by Gasteiger charge is -2.39. The Hall–Kier alpha value is -1.10. The van der Waals surface area contributed by atoms with E-state index in [1.54, 1.807) is 4.90 Å². The number of piperidine rings is 1. The predicted molar refractivity (Wildman–Crippen MR) is 76.4 cm³/mol. The Kier molecular flexibility index (Phi) is 5.99. The summed E-state index contributed by atoms with van der Waals surface area (Å²) in [6.07, 6.45) is 1.78. The SMILES string of the molecule is COCC1(C(=O)O)CCCN(C(=O)CC(C)C(C)C)C1. The molecule has 0 aromatic rings. The molecule has 5 heteroatoms. The number of rotatable bonds is 6. The van der Waals surface area contributed by atoms with E-state index in [0.717, 1.165) is 6.42 Å². The maximum Gasteiger partial charge on any atom is 0.313 e. The fourth-order valence-corrected chi connectivity index (χ4v) is 2.62. The van der Waals surface area contributed by atoms with E-state index in [2.05, 4.69) is 20.8 Å². The number of hydrogen-bond acceptors (Lipinski definition) is 3. The van der Waals surface area contributed by atoms with Gasteiger partial charge in [0.1, 0.15) is 5.41 Å². The summed E-state index contributed by atoms with van der Waals surface area (Å²) in [5, 5.41) is 9.47. The minimum absolute atomic E-state index is 0.0626. The van der Waals surface area contributed by atoms with Gasteiger partial charge in [-0.3, -0.25) is 9.59 Å². The van der Waals surface area contributed by atoms with Crippen molar-refractivity contribution in [1.29, 1.82) is 0 Å². The summed E-state index contributed by atoms with van der Waals surface area (Å²) in [7, 11) is 1.51. The van der Waals surface area contributed by atoms with Crippen molar-refractivity contribution in [2.45, 2.75) is 40.0 Å². The summed E-state index contributed by atoms with van der Waals surface area (Å²) in [5.41, 5.74) is -0.941. The van der Waals surface area contributed by atoms with Crippen molar-refractivity contribution >= 4 is 11.9 Å². The third-order valence-electron chi connectivity index (χ3n) is 4.44. The minimum Gasteiger partial charge on any atom is -0.481 e. The first-order chi connectivity index (χ1) is 9.32. The number of nitrogens with zero attached hydrogens (tertiary/aromatic N) is 1. The fraction of sp³-hybridized carbons (Fsp3) is 0.867. The molecule has 20 heavy (non-hydrogen) atoms. The van der Waals surface area contributed by atoms with Gasteiger partial charge in [0.15, 0.2) is 0 Å². The molecule has 1 aliphatic rings. The molecule has 2 unspecified atom stereocenters. The van der Waals surface area contributed by atoms with Gasteiger partial charge in [0.2, 0.25) is 5.91 Å². The zero-order valence-corrected chi connectivity index (χ0v) is 13.0. The van der Waals surface area contributed by atoms with Crippen molar-refractivity contribution < 1.29 is 19.4 Å². The van der Waals surface area contributed by atoms with E-state index >= 15 is 0 Å². The number of hydrogen-bond donors (Lipinski definition) is 1. The number of carboxylic acids is 1. The highest BCUT2D eigenvalue weighted by molar-refractivity contribution is 5.80. The molecule has 0 aliphatic carbocycles. The van der Waals surface area contributed by atoms with Gasteiger partial charge in [-0.25, -0.2) is 0 Å². The second-order valence-electron chi connectivity index (χ2n) is 6.36. The zero-order valence-electron chi connectivity index (χ0n) is 13.0. The number of carbonyl (C=O) groups excluding carboxylic acids is 1. The van der Waals surface area contributed by atoms with Crippen LogP contribution in [0.15, 0.2) is 0 Å². The molecule has 1 N–H and O–H groups in total. The van der Waals surface area contributed by atoms with Gasteiger partial charge in [-0.2, -0.15) is 0 Å². The number of ether oxygens (including phenoxy) is 1. The second-order valence-corrected chi connectivity index (χ2v) is 6.36. The van der Waals surface area contributed by atoms with Gasteiger partial charge >= 0.3 is 5.97 Å². The van der Waals surface area contributed by atoms with Crippen LogP contribution in [0, 0.1) is 17.3 Å². The van der Waals surface area contributed by atoms with Crippen LogP contribution in [0.1, 0.15) is 40.0 Å². The Morgan fingerprint density at radius 2 is 2.00 bits per heavy atom. The third-order valence-corrected chi connectivity index (χ3v) is 4.44. The first-order valence-electron chi connectivity index (χ1n) is 7.32. The molecule has 116 valence electrons. The lowest BCUT2D eigenvalue weighted by atomic mass is 9.80. The molecule has 0 radical (unpaired) electrons. The number of carbonyl (C=O) groups is 2. The molecule has 1 amide bonds. The average molecular weight is 285 g/mol. The van der Waals surface area contributed by atoms with Gasteiger partial charge in [-0.05, 0) is 24.7 Å². The van der Waals surface area contributed by atoms with Crippen molar-refractivity contribution in [2.75, 3.05) is 26.8 Å². The Labute approximate surface area is 121 Å². The van der Waals surface area contributed by atoms with Crippen molar-refractivity contribution in [1.82, 2.24) is 4.90 Å². The normalized spacial score (nSPS) is 24.8. The summed E-state index contributed by atoms with van der Waals surface area (Å²) >= 11 is 0. The first-order valence-corrected chi connectivity index (χ1v) is 7.32. The molecular formula is C15H27NO4. The molecule has 0 bridgehead atoms. The highest BCUT2D eigenvalue weighted by Gasteiger charge is 2.43. The van der Waals surface area contributed by atoms with Crippen LogP contribution < -0.4 is 0 Å². The molecule has 1 heterocycles. The average Bonchev–Trinajstić information content (AvgIpc) is 2.38. The number of aliphatic carboxylic acids is 1. The van der Waals surface area contributed by atoms with Crippen molar-refractivity contribution in [3.05, 3.63) is 0 Å². The van der Waals surface area contributed by atoms with Crippen LogP contribution >= 0.6 is 0 Å². The molecule has 1 aliphatic heterocycles. The van der Waals surface area contributed by atoms with E-state index in [9.17, 15) is 14.7 Å². The number of amides is 1. The van der Waals surface area contributed by atoms with Gasteiger partial charge in [0, 0.05) is 26.6 Å². The summed E-state index contributed by atoms with van der Waals surface area (Å²) < 4.78 is 5.07. The maximum atomic E-state index is 12.3. The Morgan fingerprint density at radius 1 is 1.35 bits per heavy atom. The molecule has 1 rings (SSSR count). The van der Waals surface area contributed by atoms with Crippen LogP contribution in [0.25, 0.3) is 0 Å². The standard InChI is InChI=1S/C15H27NO4/c1-11(2)12(3)8-13(17)16-7-5-6-15(9-16,10-20-4)14(18)19/h11-12H,5-10H2,1-4H3,(H,18,19). The lowest BCUT2D eigenvalue weighted by Crippen LogP contribution is -2.52. The van der Waals surface area contributed by atoms with Crippen molar-refractivity contribution in [3.63, 3.8) is 0 Å². The lowest BCUT2D eigenvalue weighted by molar-refractivity contribution is -0.159. The van der Waals surface area contributed by atoms with E-state index in [-0.39, 0.29) is 19.1 Å². The van der Waals surface area contributed by atoms with E-state index in [4.69, 9.17) is 4.74 Å². The maximum absolute atomic E-state index is 12.3. The first kappa shape index (κ1) is 17.0. The molecule has 0 saturated carbocycles. The summed E-state index contributed by atoms with van der Waals surface area (Å²) in [4.78, 5) is 25.6. The fourth-order valence-electron chi connectivity index (χ4n) is 2.62. The Balaban J connectivity index is 2.72. The smallest absolute Gasteiger partial charge is 0.313 e. The van der Waals surface area contributed by atoms with Gasteiger partial charge in [-0.1, -0.05) is 20.8 Å². The largest absolute Gasteiger partial charge is 0.481 e. The van der Waals surface area contributed by atoms with Gasteiger partial charge < -0.3 is 14.7 Å². The molecule has 0 aromatic carbocycles. The summed E-state index contributed by atoms with van der Waals surface area (Å²) in [5.74, 6) is -0.0422. The molecular weight excluding hydrogens is 258 g/mol. The summed E-state index contributed by atoms with van der Waals surface area (Å²) in [6.45, 7) is 7.33. The molecule has 2 atom stereocenters. The molecule has 1 fully saturated rings. The Morgan fingerprint density at radius 3 is 2.50 bits per heavy atom. The van der Waals surface area contributed by atoms with Gasteiger partial charge in [-0.15, -0.1) is 0 Å². The predicted octanol–water partition coefficient (Wildman–Crippen LogP) is 2.01. The number of methoxy groups -OCH3 is 1. The van der Waals surface area contributed by atoms with Crippen LogP contribution in [-0.4, -0.2) is 48.7 Å². The highest BCUT2D eigenvalue weighted by Crippen LogP contribution is 2.31. The molecule has 1 saturated heterocycles. The monoisotopic (exact) mass is 285 g/mol. The topological polar surface area (TPSA) is 66.8 Å². The Bertz CT molecular complexity index is 352. The van der Waals surface area contributed by atoms with Crippen molar-refractivity contribution in [2.24, 2.45) is 17.3 Å². The second kappa shape index (κ2) is 7.07. The molecule has 0 spiro atoms.